The summed E-state index contributed by atoms with van der Waals surface area (Å²) in [7, 11) is 0. The summed E-state index contributed by atoms with van der Waals surface area (Å²) in [6.45, 7) is 8.51. The molecule has 0 saturated carbocycles. The lowest BCUT2D eigenvalue weighted by Gasteiger charge is -2.50. The van der Waals surface area contributed by atoms with Crippen molar-refractivity contribution in [2.24, 2.45) is 0 Å². The second kappa shape index (κ2) is 6.49. The molecule has 3 aliphatic rings. The Kier molecular flexibility index (Phi) is 4.63. The summed E-state index contributed by atoms with van der Waals surface area (Å²) in [5.74, 6) is -2.97. The van der Waals surface area contributed by atoms with Crippen molar-refractivity contribution in [3.05, 3.63) is 35.9 Å². The van der Waals surface area contributed by atoms with Crippen LogP contribution >= 0.6 is 0 Å². The minimum Gasteiger partial charge on any atom is -0.380 e. The largest absolute Gasteiger partial charge is 0.380 e. The van der Waals surface area contributed by atoms with Crippen LogP contribution in [0.4, 0.5) is 0 Å². The molecule has 1 aromatic carbocycles. The zero-order chi connectivity index (χ0) is 19.3. The molecule has 1 aromatic rings. The summed E-state index contributed by atoms with van der Waals surface area (Å²) in [6, 6.07) is 10.0. The Bertz CT molecular complexity index is 678. The van der Waals surface area contributed by atoms with Crippen LogP contribution in [-0.4, -0.2) is 60.0 Å². The number of rotatable bonds is 4. The fourth-order valence-electron chi connectivity index (χ4n) is 4.16. The van der Waals surface area contributed by atoms with Crippen molar-refractivity contribution in [3.63, 3.8) is 0 Å². The summed E-state index contributed by atoms with van der Waals surface area (Å²) in [5, 5.41) is 15.2. The maximum absolute atomic E-state index is 11.8. The van der Waals surface area contributed by atoms with Gasteiger partial charge in [0.15, 0.2) is 17.2 Å². The van der Waals surface area contributed by atoms with Crippen molar-refractivity contribution in [2.45, 2.75) is 69.4 Å². The average molecular weight is 379 g/mol. The molecule has 2 N–H and O–H groups in total. The van der Waals surface area contributed by atoms with E-state index in [1.165, 1.54) is 0 Å². The van der Waals surface area contributed by atoms with Crippen molar-refractivity contribution in [2.75, 3.05) is 19.8 Å². The van der Waals surface area contributed by atoms with Gasteiger partial charge in [0, 0.05) is 13.1 Å². The Morgan fingerprint density at radius 1 is 1.04 bits per heavy atom. The molecule has 0 aromatic heterocycles. The van der Waals surface area contributed by atoms with Crippen molar-refractivity contribution in [1.82, 2.24) is 5.32 Å². The first-order valence-corrected chi connectivity index (χ1v) is 9.46. The number of fused-ring (bicyclic) bond motifs is 1. The quantitative estimate of drug-likeness (QED) is 0.822. The zero-order valence-corrected chi connectivity index (χ0v) is 16.4. The van der Waals surface area contributed by atoms with Crippen LogP contribution in [0.1, 0.15) is 33.3 Å². The van der Waals surface area contributed by atoms with E-state index in [9.17, 15) is 5.11 Å². The number of aliphatic hydroxyl groups is 1. The lowest BCUT2D eigenvalue weighted by atomic mass is 9.81. The SMILES string of the molecule is CC1(C)O[C@@H]2[C@@H](CO[C@]3(COC(C)(C)O3)[C@@]2(O)CNCc2ccccc2)O1. The molecule has 27 heavy (non-hydrogen) atoms. The maximum atomic E-state index is 11.8. The van der Waals surface area contributed by atoms with Crippen LogP contribution in [-0.2, 0) is 30.2 Å². The van der Waals surface area contributed by atoms with Crippen LogP contribution in [0, 0.1) is 0 Å². The number of hydrogen-bond donors (Lipinski definition) is 2. The zero-order valence-electron chi connectivity index (χ0n) is 16.4. The Hall–Kier alpha value is -1.06. The number of ether oxygens (including phenoxy) is 5. The molecule has 150 valence electrons. The highest BCUT2D eigenvalue weighted by molar-refractivity contribution is 5.16. The molecular formula is C20H29NO6. The smallest absolute Gasteiger partial charge is 0.228 e. The van der Waals surface area contributed by atoms with Gasteiger partial charge in [0.2, 0.25) is 5.79 Å². The number of nitrogens with one attached hydrogen (secondary N) is 1. The predicted octanol–water partition coefficient (Wildman–Crippen LogP) is 1.54. The molecule has 7 nitrogen and oxygen atoms in total. The van der Waals surface area contributed by atoms with Crippen molar-refractivity contribution in [3.8, 4) is 0 Å². The molecule has 7 heteroatoms. The van der Waals surface area contributed by atoms with Crippen molar-refractivity contribution < 1.29 is 28.8 Å². The van der Waals surface area contributed by atoms with Gasteiger partial charge in [-0.05, 0) is 33.3 Å². The minimum absolute atomic E-state index is 0.122. The molecule has 4 atom stereocenters. The third-order valence-electron chi connectivity index (χ3n) is 5.38. The summed E-state index contributed by atoms with van der Waals surface area (Å²) in [4.78, 5) is 0. The summed E-state index contributed by atoms with van der Waals surface area (Å²) in [6.07, 6.45) is -0.969. The molecule has 1 spiro atoms. The number of hydrogen-bond acceptors (Lipinski definition) is 7. The van der Waals surface area contributed by atoms with Gasteiger partial charge in [0.05, 0.1) is 6.61 Å². The van der Waals surface area contributed by atoms with E-state index in [2.05, 4.69) is 5.32 Å². The minimum atomic E-state index is -1.48. The molecule has 3 heterocycles. The van der Waals surface area contributed by atoms with Crippen LogP contribution < -0.4 is 5.32 Å². The molecular weight excluding hydrogens is 350 g/mol. The Balaban J connectivity index is 1.58. The van der Waals surface area contributed by atoms with Gasteiger partial charge >= 0.3 is 0 Å². The van der Waals surface area contributed by atoms with Gasteiger partial charge in [-0.2, -0.15) is 0 Å². The maximum Gasteiger partial charge on any atom is 0.228 e. The molecule has 0 aliphatic carbocycles. The Labute approximate surface area is 159 Å². The molecule has 0 bridgehead atoms. The second-order valence-corrected chi connectivity index (χ2v) is 8.46. The molecule has 0 amide bonds. The summed E-state index contributed by atoms with van der Waals surface area (Å²) in [5.41, 5.74) is -0.358. The molecule has 3 aliphatic heterocycles. The van der Waals surface area contributed by atoms with Gasteiger partial charge in [-0.1, -0.05) is 30.3 Å². The topological polar surface area (TPSA) is 78.4 Å². The second-order valence-electron chi connectivity index (χ2n) is 8.46. The van der Waals surface area contributed by atoms with Gasteiger partial charge < -0.3 is 34.1 Å². The van der Waals surface area contributed by atoms with Crippen LogP contribution in [0.2, 0.25) is 0 Å². The fourth-order valence-corrected chi connectivity index (χ4v) is 4.16. The third kappa shape index (κ3) is 3.42. The first-order chi connectivity index (χ1) is 12.6. The molecule has 0 unspecified atom stereocenters. The molecule has 0 radical (unpaired) electrons. The Morgan fingerprint density at radius 2 is 1.78 bits per heavy atom. The van der Waals surface area contributed by atoms with E-state index in [0.717, 1.165) is 5.56 Å². The summed E-state index contributed by atoms with van der Waals surface area (Å²) >= 11 is 0. The lowest BCUT2D eigenvalue weighted by molar-refractivity contribution is -0.364. The van der Waals surface area contributed by atoms with Crippen molar-refractivity contribution >= 4 is 0 Å². The molecule has 3 saturated heterocycles. The van der Waals surface area contributed by atoms with E-state index in [1.54, 1.807) is 0 Å². The van der Waals surface area contributed by atoms with Gasteiger partial charge in [-0.3, -0.25) is 0 Å². The first-order valence-electron chi connectivity index (χ1n) is 9.46. The van der Waals surface area contributed by atoms with Gasteiger partial charge in [-0.15, -0.1) is 0 Å². The van der Waals surface area contributed by atoms with Crippen LogP contribution in [0.25, 0.3) is 0 Å². The Morgan fingerprint density at radius 3 is 2.44 bits per heavy atom. The van der Waals surface area contributed by atoms with Gasteiger partial charge in [-0.25, -0.2) is 0 Å². The van der Waals surface area contributed by atoms with Gasteiger partial charge in [0.1, 0.15) is 18.8 Å². The van der Waals surface area contributed by atoms with E-state index in [4.69, 9.17) is 23.7 Å². The van der Waals surface area contributed by atoms with Crippen molar-refractivity contribution in [1.29, 1.82) is 0 Å². The number of benzene rings is 1. The predicted molar refractivity (Wildman–Crippen MR) is 96.7 cm³/mol. The van der Waals surface area contributed by atoms with Gasteiger partial charge in [0.25, 0.3) is 0 Å². The molecule has 4 rings (SSSR count). The third-order valence-corrected chi connectivity index (χ3v) is 5.38. The normalized spacial score (nSPS) is 39.6. The van der Waals surface area contributed by atoms with E-state index < -0.39 is 29.1 Å². The standard InChI is InChI=1S/C20H29NO6/c1-17(2)24-13-20(27-17)19(22,12-21-10-14-8-6-5-7-9-14)16-15(11-23-20)25-18(3,4)26-16/h5-9,15-16,21-22H,10-13H2,1-4H3/t15-,16-,19-,20+/m1/s1. The molecule has 3 fully saturated rings. The van der Waals surface area contributed by atoms with Crippen LogP contribution in [0.3, 0.4) is 0 Å². The lowest BCUT2D eigenvalue weighted by Crippen LogP contribution is -2.74. The summed E-state index contributed by atoms with van der Waals surface area (Å²) < 4.78 is 29.9. The highest BCUT2D eigenvalue weighted by Crippen LogP contribution is 2.49. The highest BCUT2D eigenvalue weighted by Gasteiger charge is 2.70. The fraction of sp³-hybridized carbons (Fsp3) is 0.700. The van der Waals surface area contributed by atoms with E-state index >= 15 is 0 Å². The van der Waals surface area contributed by atoms with Crippen LogP contribution in [0.15, 0.2) is 30.3 Å². The average Bonchev–Trinajstić information content (AvgIpc) is 3.10. The first kappa shape index (κ1) is 19.3. The van der Waals surface area contributed by atoms with E-state index in [-0.39, 0.29) is 25.9 Å². The van der Waals surface area contributed by atoms with Crippen LogP contribution in [0.5, 0.6) is 0 Å². The highest BCUT2D eigenvalue weighted by atomic mass is 16.9. The van der Waals surface area contributed by atoms with E-state index in [0.29, 0.717) is 6.54 Å². The van der Waals surface area contributed by atoms with E-state index in [1.807, 2.05) is 58.0 Å². The monoisotopic (exact) mass is 379 g/mol.